The van der Waals surface area contributed by atoms with E-state index in [1.54, 1.807) is 12.1 Å². The van der Waals surface area contributed by atoms with Gasteiger partial charge in [0.1, 0.15) is 0 Å². The molecule has 1 aromatic carbocycles. The lowest BCUT2D eigenvalue weighted by Gasteiger charge is -2.40. The minimum Gasteiger partial charge on any atom is -0.366 e. The van der Waals surface area contributed by atoms with Gasteiger partial charge in [0.2, 0.25) is 0 Å². The second-order valence-electron chi connectivity index (χ2n) is 5.01. The first-order valence-corrected chi connectivity index (χ1v) is 7.43. The maximum atomic E-state index is 10.8. The monoisotopic (exact) mass is 327 g/mol. The molecule has 0 amide bonds. The zero-order valence-electron chi connectivity index (χ0n) is 11.2. The van der Waals surface area contributed by atoms with Gasteiger partial charge in [0.05, 0.1) is 4.92 Å². The summed E-state index contributed by atoms with van der Waals surface area (Å²) in [6.07, 6.45) is 0. The number of benzene rings is 1. The van der Waals surface area contributed by atoms with Crippen molar-refractivity contribution in [3.8, 4) is 0 Å². The first kappa shape index (κ1) is 14.3. The quantitative estimate of drug-likeness (QED) is 0.486. The summed E-state index contributed by atoms with van der Waals surface area (Å²) in [4.78, 5) is 15.1. The predicted molar refractivity (Wildman–Crippen MR) is 80.0 cm³/mol. The average molecular weight is 328 g/mol. The van der Waals surface area contributed by atoms with Crippen LogP contribution in [0.25, 0.3) is 0 Å². The van der Waals surface area contributed by atoms with Crippen LogP contribution in [0, 0.1) is 10.1 Å². The molecule has 1 saturated heterocycles. The van der Waals surface area contributed by atoms with Crippen LogP contribution >= 0.6 is 15.9 Å². The molecule has 0 aliphatic carbocycles. The van der Waals surface area contributed by atoms with E-state index in [1.165, 1.54) is 0 Å². The fourth-order valence-electron chi connectivity index (χ4n) is 2.57. The summed E-state index contributed by atoms with van der Waals surface area (Å²) in [5.41, 5.74) is 2.23. The molecule has 0 saturated carbocycles. The number of alkyl halides is 1. The Labute approximate surface area is 121 Å². The predicted octanol–water partition coefficient (Wildman–Crippen LogP) is 2.63. The number of likely N-dealkylation sites (N-methyl/N-ethyl adjacent to an activating group) is 1. The van der Waals surface area contributed by atoms with E-state index in [4.69, 9.17) is 0 Å². The second-order valence-corrected chi connectivity index (χ2v) is 5.57. The van der Waals surface area contributed by atoms with Crippen molar-refractivity contribution >= 4 is 27.3 Å². The summed E-state index contributed by atoms with van der Waals surface area (Å²) >= 11 is 3.43. The topological polar surface area (TPSA) is 49.6 Å². The molecule has 2 rings (SSSR count). The second kappa shape index (κ2) is 5.88. The molecule has 0 aromatic heterocycles. The molecule has 0 bridgehead atoms. The molecule has 19 heavy (non-hydrogen) atoms. The highest BCUT2D eigenvalue weighted by Crippen LogP contribution is 2.29. The molecule has 5 nitrogen and oxygen atoms in total. The fraction of sp³-hybridized carbons (Fsp3) is 0.538. The van der Waals surface area contributed by atoms with Gasteiger partial charge in [0, 0.05) is 48.8 Å². The van der Waals surface area contributed by atoms with E-state index in [0.717, 1.165) is 30.9 Å². The van der Waals surface area contributed by atoms with Gasteiger partial charge in [-0.25, -0.2) is 0 Å². The number of rotatable bonds is 3. The zero-order valence-corrected chi connectivity index (χ0v) is 12.8. The Morgan fingerprint density at radius 1 is 1.47 bits per heavy atom. The minimum absolute atomic E-state index is 0.153. The Hall–Kier alpha value is -1.14. The number of non-ortho nitro benzene ring substituents is 1. The van der Waals surface area contributed by atoms with Crippen LogP contribution in [0.2, 0.25) is 0 Å². The van der Waals surface area contributed by atoms with Crippen molar-refractivity contribution in [2.75, 3.05) is 31.6 Å². The Morgan fingerprint density at radius 2 is 2.21 bits per heavy atom. The van der Waals surface area contributed by atoms with Crippen LogP contribution in [-0.4, -0.2) is 42.5 Å². The van der Waals surface area contributed by atoms with Crippen LogP contribution < -0.4 is 4.90 Å². The number of nitro groups is 1. The highest BCUT2D eigenvalue weighted by molar-refractivity contribution is 9.08. The lowest BCUT2D eigenvalue weighted by Crippen LogP contribution is -2.50. The van der Waals surface area contributed by atoms with E-state index in [1.807, 2.05) is 6.07 Å². The molecule has 1 atom stereocenters. The van der Waals surface area contributed by atoms with Crippen molar-refractivity contribution in [3.05, 3.63) is 33.9 Å². The SMILES string of the molecule is CC1CN(C)CCN1c1ccc([N+](=O)[O-])cc1CBr. The Bertz CT molecular complexity index is 481. The first-order valence-electron chi connectivity index (χ1n) is 6.31. The van der Waals surface area contributed by atoms with Crippen LogP contribution in [0.15, 0.2) is 18.2 Å². The number of anilines is 1. The van der Waals surface area contributed by atoms with Crippen molar-refractivity contribution in [2.24, 2.45) is 0 Å². The minimum atomic E-state index is -0.344. The number of piperazine rings is 1. The first-order chi connectivity index (χ1) is 9.02. The van der Waals surface area contributed by atoms with Crippen LogP contribution in [0.4, 0.5) is 11.4 Å². The van der Waals surface area contributed by atoms with Crippen molar-refractivity contribution in [2.45, 2.75) is 18.3 Å². The molecule has 1 fully saturated rings. The van der Waals surface area contributed by atoms with E-state index in [-0.39, 0.29) is 10.6 Å². The largest absolute Gasteiger partial charge is 0.366 e. The van der Waals surface area contributed by atoms with Crippen LogP contribution in [-0.2, 0) is 5.33 Å². The van der Waals surface area contributed by atoms with Gasteiger partial charge in [0.15, 0.2) is 0 Å². The summed E-state index contributed by atoms with van der Waals surface area (Å²) in [5, 5.41) is 11.5. The number of nitrogens with zero attached hydrogens (tertiary/aromatic N) is 3. The molecular weight excluding hydrogens is 310 g/mol. The number of hydrogen-bond acceptors (Lipinski definition) is 4. The van der Waals surface area contributed by atoms with Gasteiger partial charge in [-0.15, -0.1) is 0 Å². The molecule has 6 heteroatoms. The van der Waals surface area contributed by atoms with E-state index in [0.29, 0.717) is 11.4 Å². The van der Waals surface area contributed by atoms with Crippen molar-refractivity contribution in [3.63, 3.8) is 0 Å². The summed E-state index contributed by atoms with van der Waals surface area (Å²) in [7, 11) is 2.12. The summed E-state index contributed by atoms with van der Waals surface area (Å²) in [6, 6.07) is 5.54. The molecule has 0 spiro atoms. The number of halogens is 1. The van der Waals surface area contributed by atoms with Crippen molar-refractivity contribution < 1.29 is 4.92 Å². The smallest absolute Gasteiger partial charge is 0.269 e. The van der Waals surface area contributed by atoms with E-state index < -0.39 is 0 Å². The standard InChI is InChI=1S/C13H18BrN3O2/c1-10-9-15(2)5-6-16(10)13-4-3-12(17(18)19)7-11(13)8-14/h3-4,7,10H,5-6,8-9H2,1-2H3. The maximum Gasteiger partial charge on any atom is 0.269 e. The molecule has 1 aliphatic rings. The van der Waals surface area contributed by atoms with Gasteiger partial charge in [0.25, 0.3) is 5.69 Å². The molecule has 0 radical (unpaired) electrons. The van der Waals surface area contributed by atoms with Crippen LogP contribution in [0.1, 0.15) is 12.5 Å². The van der Waals surface area contributed by atoms with E-state index in [2.05, 4.69) is 39.7 Å². The highest BCUT2D eigenvalue weighted by Gasteiger charge is 2.24. The molecule has 1 unspecified atom stereocenters. The van der Waals surface area contributed by atoms with Gasteiger partial charge in [-0.3, -0.25) is 10.1 Å². The third-order valence-corrected chi connectivity index (χ3v) is 4.16. The lowest BCUT2D eigenvalue weighted by molar-refractivity contribution is -0.384. The molecule has 104 valence electrons. The summed E-state index contributed by atoms with van der Waals surface area (Å²) in [5.74, 6) is 0. The average Bonchev–Trinajstić information content (AvgIpc) is 2.38. The molecular formula is C13H18BrN3O2. The number of hydrogen-bond donors (Lipinski definition) is 0. The van der Waals surface area contributed by atoms with E-state index >= 15 is 0 Å². The van der Waals surface area contributed by atoms with Crippen LogP contribution in [0.3, 0.4) is 0 Å². The summed E-state index contributed by atoms with van der Waals surface area (Å²) in [6.45, 7) is 5.17. The number of nitro benzene ring substituents is 1. The van der Waals surface area contributed by atoms with Crippen molar-refractivity contribution in [1.82, 2.24) is 4.90 Å². The normalized spacial score (nSPS) is 20.6. The van der Waals surface area contributed by atoms with Gasteiger partial charge < -0.3 is 9.80 Å². The third kappa shape index (κ3) is 3.06. The van der Waals surface area contributed by atoms with Crippen molar-refractivity contribution in [1.29, 1.82) is 0 Å². The molecule has 1 aliphatic heterocycles. The Morgan fingerprint density at radius 3 is 2.79 bits per heavy atom. The van der Waals surface area contributed by atoms with Gasteiger partial charge in [-0.1, -0.05) is 15.9 Å². The molecule has 0 N–H and O–H groups in total. The highest BCUT2D eigenvalue weighted by atomic mass is 79.9. The Balaban J connectivity index is 2.31. The molecule has 1 aromatic rings. The third-order valence-electron chi connectivity index (χ3n) is 3.56. The van der Waals surface area contributed by atoms with E-state index in [9.17, 15) is 10.1 Å². The fourth-order valence-corrected chi connectivity index (χ4v) is 3.02. The maximum absolute atomic E-state index is 10.8. The Kier molecular flexibility index (Phi) is 4.42. The zero-order chi connectivity index (χ0) is 14.0. The van der Waals surface area contributed by atoms with Gasteiger partial charge in [-0.05, 0) is 25.6 Å². The van der Waals surface area contributed by atoms with Gasteiger partial charge >= 0.3 is 0 Å². The summed E-state index contributed by atoms with van der Waals surface area (Å²) < 4.78 is 0. The van der Waals surface area contributed by atoms with Crippen LogP contribution in [0.5, 0.6) is 0 Å². The lowest BCUT2D eigenvalue weighted by atomic mass is 10.1. The molecule has 1 heterocycles. The van der Waals surface area contributed by atoms with Gasteiger partial charge in [-0.2, -0.15) is 0 Å².